The molecule has 1 atom stereocenters. The highest BCUT2D eigenvalue weighted by Crippen LogP contribution is 2.28. The van der Waals surface area contributed by atoms with Gasteiger partial charge < -0.3 is 9.73 Å². The van der Waals surface area contributed by atoms with E-state index in [0.29, 0.717) is 6.04 Å². The molecule has 1 fully saturated rings. The van der Waals surface area contributed by atoms with Crippen LogP contribution in [0.3, 0.4) is 0 Å². The van der Waals surface area contributed by atoms with Crippen LogP contribution in [0.4, 0.5) is 0 Å². The van der Waals surface area contributed by atoms with Crippen LogP contribution < -0.4 is 5.32 Å². The Hall–Kier alpha value is -1.55. The van der Waals surface area contributed by atoms with Crippen molar-refractivity contribution in [1.29, 1.82) is 0 Å². The summed E-state index contributed by atoms with van der Waals surface area (Å²) in [5.74, 6) is 1.94. The molecular formula is C16H23N3O. The van der Waals surface area contributed by atoms with E-state index in [9.17, 15) is 0 Å². The van der Waals surface area contributed by atoms with Crippen LogP contribution in [0.1, 0.15) is 61.9 Å². The zero-order valence-corrected chi connectivity index (χ0v) is 12.3. The summed E-state index contributed by atoms with van der Waals surface area (Å²) in [5, 5.41) is 8.15. The molecule has 1 saturated carbocycles. The molecular weight excluding hydrogens is 250 g/mol. The molecule has 2 aromatic rings. The Kier molecular flexibility index (Phi) is 3.92. The van der Waals surface area contributed by atoms with Gasteiger partial charge in [-0.2, -0.15) is 5.10 Å². The molecule has 0 spiro atoms. The van der Waals surface area contributed by atoms with Gasteiger partial charge in [-0.25, -0.2) is 0 Å². The Labute approximate surface area is 120 Å². The van der Waals surface area contributed by atoms with Crippen LogP contribution in [-0.2, 0) is 6.54 Å². The van der Waals surface area contributed by atoms with Gasteiger partial charge in [0.1, 0.15) is 11.5 Å². The van der Waals surface area contributed by atoms with E-state index >= 15 is 0 Å². The molecule has 3 rings (SSSR count). The van der Waals surface area contributed by atoms with E-state index in [2.05, 4.69) is 34.3 Å². The molecule has 0 bridgehead atoms. The van der Waals surface area contributed by atoms with Crippen LogP contribution in [-0.4, -0.2) is 9.78 Å². The third kappa shape index (κ3) is 2.96. The average Bonchev–Trinajstić information content (AvgIpc) is 3.16. The highest BCUT2D eigenvalue weighted by molar-refractivity contribution is 5.09. The first kappa shape index (κ1) is 13.4. The summed E-state index contributed by atoms with van der Waals surface area (Å²) < 4.78 is 7.78. The van der Waals surface area contributed by atoms with Gasteiger partial charge in [-0.05, 0) is 44.9 Å². The van der Waals surface area contributed by atoms with E-state index in [1.165, 1.54) is 25.7 Å². The van der Waals surface area contributed by atoms with Crippen molar-refractivity contribution in [2.24, 2.45) is 0 Å². The van der Waals surface area contributed by atoms with E-state index in [1.54, 1.807) is 0 Å². The minimum absolute atomic E-state index is 0.209. The minimum atomic E-state index is 0.209. The van der Waals surface area contributed by atoms with Crippen LogP contribution in [0, 0.1) is 6.92 Å². The highest BCUT2D eigenvalue weighted by Gasteiger charge is 2.17. The lowest BCUT2D eigenvalue weighted by Crippen LogP contribution is -2.18. The zero-order chi connectivity index (χ0) is 13.9. The fourth-order valence-corrected chi connectivity index (χ4v) is 2.89. The van der Waals surface area contributed by atoms with E-state index in [-0.39, 0.29) is 6.04 Å². The van der Waals surface area contributed by atoms with E-state index in [1.807, 2.05) is 19.1 Å². The molecule has 2 aromatic heterocycles. The topological polar surface area (TPSA) is 43.0 Å². The second-order valence-electron chi connectivity index (χ2n) is 5.78. The second kappa shape index (κ2) is 5.83. The fraction of sp³-hybridized carbons (Fsp3) is 0.562. The number of furan rings is 1. The third-order valence-electron chi connectivity index (χ3n) is 4.14. The second-order valence-corrected chi connectivity index (χ2v) is 5.78. The summed E-state index contributed by atoms with van der Waals surface area (Å²) in [7, 11) is 0. The first-order valence-electron chi connectivity index (χ1n) is 7.56. The first-order valence-corrected chi connectivity index (χ1v) is 7.56. The maximum atomic E-state index is 5.63. The molecule has 0 amide bonds. The normalized spacial score (nSPS) is 17.7. The Balaban J connectivity index is 1.55. The van der Waals surface area contributed by atoms with Gasteiger partial charge in [-0.3, -0.25) is 4.68 Å². The maximum absolute atomic E-state index is 5.63. The van der Waals surface area contributed by atoms with Crippen molar-refractivity contribution in [3.63, 3.8) is 0 Å². The van der Waals surface area contributed by atoms with E-state index in [0.717, 1.165) is 23.8 Å². The van der Waals surface area contributed by atoms with Crippen LogP contribution in [0.15, 0.2) is 28.8 Å². The minimum Gasteiger partial charge on any atom is -0.465 e. The van der Waals surface area contributed by atoms with Crippen LogP contribution in [0.5, 0.6) is 0 Å². The molecule has 20 heavy (non-hydrogen) atoms. The van der Waals surface area contributed by atoms with Crippen molar-refractivity contribution < 1.29 is 4.42 Å². The molecule has 108 valence electrons. The maximum Gasteiger partial charge on any atom is 0.120 e. The molecule has 1 unspecified atom stereocenters. The van der Waals surface area contributed by atoms with Crippen LogP contribution in [0.25, 0.3) is 0 Å². The van der Waals surface area contributed by atoms with Crippen LogP contribution >= 0.6 is 0 Å². The molecule has 2 heterocycles. The Morgan fingerprint density at radius 2 is 2.15 bits per heavy atom. The van der Waals surface area contributed by atoms with Gasteiger partial charge in [0.15, 0.2) is 0 Å². The highest BCUT2D eigenvalue weighted by atomic mass is 16.3. The van der Waals surface area contributed by atoms with Gasteiger partial charge in [-0.1, -0.05) is 12.8 Å². The largest absolute Gasteiger partial charge is 0.465 e. The smallest absolute Gasteiger partial charge is 0.120 e. The van der Waals surface area contributed by atoms with Gasteiger partial charge in [0.25, 0.3) is 0 Å². The molecule has 0 aromatic carbocycles. The van der Waals surface area contributed by atoms with Gasteiger partial charge in [0.05, 0.1) is 17.8 Å². The summed E-state index contributed by atoms with van der Waals surface area (Å²) in [6, 6.07) is 6.98. The summed E-state index contributed by atoms with van der Waals surface area (Å²) in [4.78, 5) is 0. The van der Waals surface area contributed by atoms with E-state index < -0.39 is 0 Å². The van der Waals surface area contributed by atoms with Crippen molar-refractivity contribution in [3.05, 3.63) is 41.6 Å². The number of rotatable bonds is 5. The predicted octanol–water partition coefficient (Wildman–Crippen LogP) is 3.75. The number of aryl methyl sites for hydroxylation is 1. The molecule has 4 heteroatoms. The lowest BCUT2D eigenvalue weighted by Gasteiger charge is -2.11. The standard InChI is InChI=1S/C16H23N3O/c1-12-7-8-16(20-12)13(2)17-11-14-9-10-19(18-14)15-5-3-4-6-15/h7-10,13,15,17H,3-6,11H2,1-2H3. The average molecular weight is 273 g/mol. The number of nitrogens with zero attached hydrogens (tertiary/aromatic N) is 2. The quantitative estimate of drug-likeness (QED) is 0.902. The molecule has 4 nitrogen and oxygen atoms in total. The first-order chi connectivity index (χ1) is 9.72. The molecule has 1 aliphatic carbocycles. The van der Waals surface area contributed by atoms with Gasteiger partial charge in [-0.15, -0.1) is 0 Å². The Morgan fingerprint density at radius 1 is 1.35 bits per heavy atom. The van der Waals surface area contributed by atoms with Gasteiger partial charge in [0, 0.05) is 12.7 Å². The summed E-state index contributed by atoms with van der Waals surface area (Å²) >= 11 is 0. The van der Waals surface area contributed by atoms with Gasteiger partial charge >= 0.3 is 0 Å². The summed E-state index contributed by atoms with van der Waals surface area (Å²) in [6.45, 7) is 4.87. The lowest BCUT2D eigenvalue weighted by molar-refractivity contribution is 0.411. The van der Waals surface area contributed by atoms with Crippen molar-refractivity contribution in [1.82, 2.24) is 15.1 Å². The number of aromatic nitrogens is 2. The lowest BCUT2D eigenvalue weighted by atomic mass is 10.2. The van der Waals surface area contributed by atoms with Gasteiger partial charge in [0.2, 0.25) is 0 Å². The predicted molar refractivity (Wildman–Crippen MR) is 78.4 cm³/mol. The van der Waals surface area contributed by atoms with Crippen molar-refractivity contribution in [2.45, 2.75) is 58.2 Å². The Bertz CT molecular complexity index is 552. The SMILES string of the molecule is Cc1ccc(C(C)NCc2ccn(C3CCCC3)n2)o1. The fourth-order valence-electron chi connectivity index (χ4n) is 2.89. The Morgan fingerprint density at radius 3 is 2.85 bits per heavy atom. The molecule has 0 aliphatic heterocycles. The molecule has 1 aliphatic rings. The van der Waals surface area contributed by atoms with E-state index in [4.69, 9.17) is 4.42 Å². The number of nitrogens with one attached hydrogen (secondary N) is 1. The number of hydrogen-bond donors (Lipinski definition) is 1. The number of hydrogen-bond acceptors (Lipinski definition) is 3. The molecule has 1 N–H and O–H groups in total. The molecule has 0 saturated heterocycles. The molecule has 0 radical (unpaired) electrons. The van der Waals surface area contributed by atoms with Crippen molar-refractivity contribution >= 4 is 0 Å². The monoisotopic (exact) mass is 273 g/mol. The third-order valence-corrected chi connectivity index (χ3v) is 4.14. The summed E-state index contributed by atoms with van der Waals surface area (Å²) in [6.07, 6.45) is 7.35. The van der Waals surface area contributed by atoms with Crippen molar-refractivity contribution in [2.75, 3.05) is 0 Å². The van der Waals surface area contributed by atoms with Crippen LogP contribution in [0.2, 0.25) is 0 Å². The van der Waals surface area contributed by atoms with Crippen molar-refractivity contribution in [3.8, 4) is 0 Å². The zero-order valence-electron chi connectivity index (χ0n) is 12.3. The summed E-state index contributed by atoms with van der Waals surface area (Å²) in [5.41, 5.74) is 1.10.